The summed E-state index contributed by atoms with van der Waals surface area (Å²) in [5.41, 5.74) is 1.33. The summed E-state index contributed by atoms with van der Waals surface area (Å²) in [6, 6.07) is 13.9. The minimum absolute atomic E-state index is 0.173. The van der Waals surface area contributed by atoms with Crippen LogP contribution in [0.25, 0.3) is 10.9 Å². The van der Waals surface area contributed by atoms with Crippen molar-refractivity contribution in [1.82, 2.24) is 4.98 Å². The molecule has 0 amide bonds. The molecule has 0 N–H and O–H groups in total. The van der Waals surface area contributed by atoms with E-state index in [0.717, 1.165) is 40.7 Å². The van der Waals surface area contributed by atoms with E-state index >= 15 is 0 Å². The van der Waals surface area contributed by atoms with Crippen molar-refractivity contribution < 1.29 is 22.4 Å². The van der Waals surface area contributed by atoms with Crippen LogP contribution in [0.1, 0.15) is 18.9 Å². The first kappa shape index (κ1) is 21.3. The van der Waals surface area contributed by atoms with Gasteiger partial charge in [0.05, 0.1) is 21.6 Å². The largest absolute Gasteiger partial charge is 0.390 e. The summed E-state index contributed by atoms with van der Waals surface area (Å²) in [6.07, 6.45) is 3.06. The Morgan fingerprint density at radius 2 is 1.90 bits per heavy atom. The van der Waals surface area contributed by atoms with E-state index in [9.17, 15) is 18.5 Å². The van der Waals surface area contributed by atoms with Gasteiger partial charge in [-0.3, -0.25) is 19.3 Å². The second-order valence-electron chi connectivity index (χ2n) is 6.28. The normalized spacial score (nSPS) is 12.8. The zero-order valence-corrected chi connectivity index (χ0v) is 16.9. The first-order valence-corrected chi connectivity index (χ1v) is 10.5. The molecule has 1 atom stereocenters. The van der Waals surface area contributed by atoms with Gasteiger partial charge in [-0.2, -0.15) is 8.42 Å². The van der Waals surface area contributed by atoms with Crippen molar-refractivity contribution >= 4 is 32.9 Å². The molecule has 0 saturated carbocycles. The van der Waals surface area contributed by atoms with Crippen LogP contribution in [0.15, 0.2) is 70.8 Å². The number of fused-ring (bicyclic) bond motifs is 1. The molecule has 10 heteroatoms. The van der Waals surface area contributed by atoms with Crippen LogP contribution in [-0.4, -0.2) is 37.3 Å². The summed E-state index contributed by atoms with van der Waals surface area (Å²) in [5.74, 6) is 0. The van der Waals surface area contributed by atoms with Gasteiger partial charge in [-0.1, -0.05) is 36.3 Å². The van der Waals surface area contributed by atoms with Crippen molar-refractivity contribution in [2.75, 3.05) is 6.61 Å². The lowest BCUT2D eigenvalue weighted by atomic mass is 10.1. The van der Waals surface area contributed by atoms with Crippen molar-refractivity contribution in [3.8, 4) is 0 Å². The van der Waals surface area contributed by atoms with Crippen LogP contribution in [0.2, 0.25) is 0 Å². The standard InChI is InChI=1S/C20H19N3O6S/c1-2-18(14-28-30(26,27)19-10-8-17(9-11-19)23(24)25)29-22-13-16-6-3-5-15-7-4-12-21-20(15)16/h3-13,18H,2,14H2,1H3/b22-13+. The van der Waals surface area contributed by atoms with E-state index in [1.165, 1.54) is 6.21 Å². The Balaban J connectivity index is 1.62. The molecule has 0 radical (unpaired) electrons. The molecule has 0 saturated heterocycles. The molecule has 9 nitrogen and oxygen atoms in total. The van der Waals surface area contributed by atoms with Crippen molar-refractivity contribution in [3.63, 3.8) is 0 Å². The maximum Gasteiger partial charge on any atom is 0.297 e. The van der Waals surface area contributed by atoms with Gasteiger partial charge in [-0.15, -0.1) is 0 Å². The fourth-order valence-corrected chi connectivity index (χ4v) is 3.53. The van der Waals surface area contributed by atoms with E-state index in [2.05, 4.69) is 10.1 Å². The number of para-hydroxylation sites is 1. The minimum Gasteiger partial charge on any atom is -0.390 e. The molecule has 156 valence electrons. The van der Waals surface area contributed by atoms with Crippen LogP contribution in [0, 0.1) is 10.1 Å². The molecule has 2 aromatic carbocycles. The second-order valence-corrected chi connectivity index (χ2v) is 7.90. The Bertz CT molecular complexity index is 1160. The Labute approximate surface area is 173 Å². The Kier molecular flexibility index (Phi) is 6.70. The third-order valence-electron chi connectivity index (χ3n) is 4.27. The number of aromatic nitrogens is 1. The van der Waals surface area contributed by atoms with Crippen LogP contribution in [0.3, 0.4) is 0 Å². The number of hydrogen-bond donors (Lipinski definition) is 0. The van der Waals surface area contributed by atoms with Gasteiger partial charge in [0, 0.05) is 29.3 Å². The number of nitro groups is 1. The number of benzene rings is 2. The van der Waals surface area contributed by atoms with Gasteiger partial charge in [-0.25, -0.2) is 0 Å². The molecule has 30 heavy (non-hydrogen) atoms. The lowest BCUT2D eigenvalue weighted by Crippen LogP contribution is -2.20. The van der Waals surface area contributed by atoms with E-state index < -0.39 is 21.1 Å². The highest BCUT2D eigenvalue weighted by Gasteiger charge is 2.20. The van der Waals surface area contributed by atoms with Crippen molar-refractivity contribution in [1.29, 1.82) is 0 Å². The molecule has 3 rings (SSSR count). The second kappa shape index (κ2) is 9.42. The zero-order chi connectivity index (χ0) is 21.6. The Morgan fingerprint density at radius 1 is 1.17 bits per heavy atom. The fraction of sp³-hybridized carbons (Fsp3) is 0.200. The number of rotatable bonds is 9. The van der Waals surface area contributed by atoms with Crippen LogP contribution < -0.4 is 0 Å². The van der Waals surface area contributed by atoms with Crippen LogP contribution in [0.5, 0.6) is 0 Å². The number of pyridine rings is 1. The van der Waals surface area contributed by atoms with Gasteiger partial charge in [0.1, 0.15) is 6.61 Å². The highest BCUT2D eigenvalue weighted by molar-refractivity contribution is 7.86. The summed E-state index contributed by atoms with van der Waals surface area (Å²) >= 11 is 0. The predicted molar refractivity (Wildman–Crippen MR) is 111 cm³/mol. The molecule has 0 fully saturated rings. The molecule has 0 aliphatic rings. The highest BCUT2D eigenvalue weighted by Crippen LogP contribution is 2.18. The van der Waals surface area contributed by atoms with E-state index in [-0.39, 0.29) is 17.2 Å². The zero-order valence-electron chi connectivity index (χ0n) is 16.0. The van der Waals surface area contributed by atoms with Gasteiger partial charge in [-0.05, 0) is 24.6 Å². The molecular formula is C20H19N3O6S. The average Bonchev–Trinajstić information content (AvgIpc) is 2.76. The Morgan fingerprint density at radius 3 is 2.60 bits per heavy atom. The maximum absolute atomic E-state index is 12.3. The first-order valence-electron chi connectivity index (χ1n) is 9.07. The topological polar surface area (TPSA) is 121 Å². The lowest BCUT2D eigenvalue weighted by Gasteiger charge is -2.13. The summed E-state index contributed by atoms with van der Waals surface area (Å²) in [5, 5.41) is 15.6. The Hall–Kier alpha value is -3.37. The summed E-state index contributed by atoms with van der Waals surface area (Å²) in [7, 11) is -4.08. The van der Waals surface area contributed by atoms with Gasteiger partial charge in [0.2, 0.25) is 0 Å². The summed E-state index contributed by atoms with van der Waals surface area (Å²) in [6.45, 7) is 1.56. The molecule has 3 aromatic rings. The van der Waals surface area contributed by atoms with Gasteiger partial charge in [0.15, 0.2) is 6.10 Å². The van der Waals surface area contributed by atoms with Gasteiger partial charge in [0.25, 0.3) is 15.8 Å². The van der Waals surface area contributed by atoms with E-state index in [4.69, 9.17) is 9.02 Å². The van der Waals surface area contributed by atoms with Crippen LogP contribution in [0.4, 0.5) is 5.69 Å². The third kappa shape index (κ3) is 5.16. The molecule has 1 aromatic heterocycles. The first-order chi connectivity index (χ1) is 14.4. The number of nitro benzene ring substituents is 1. The third-order valence-corrected chi connectivity index (χ3v) is 5.56. The smallest absolute Gasteiger partial charge is 0.297 e. The molecule has 0 aliphatic carbocycles. The lowest BCUT2D eigenvalue weighted by molar-refractivity contribution is -0.384. The maximum atomic E-state index is 12.3. The molecule has 0 spiro atoms. The number of hydrogen-bond acceptors (Lipinski definition) is 8. The predicted octanol–water partition coefficient (Wildman–Crippen LogP) is 3.68. The van der Waals surface area contributed by atoms with Crippen molar-refractivity contribution in [2.24, 2.45) is 5.16 Å². The van der Waals surface area contributed by atoms with E-state index in [0.29, 0.717) is 6.42 Å². The van der Waals surface area contributed by atoms with Crippen molar-refractivity contribution in [3.05, 3.63) is 76.5 Å². The minimum atomic E-state index is -4.08. The van der Waals surface area contributed by atoms with Crippen LogP contribution in [-0.2, 0) is 19.1 Å². The van der Waals surface area contributed by atoms with Gasteiger partial charge < -0.3 is 4.84 Å². The molecule has 1 heterocycles. The SMILES string of the molecule is CCC(COS(=O)(=O)c1ccc([N+](=O)[O-])cc1)O/N=C/c1cccc2cccnc12. The van der Waals surface area contributed by atoms with Gasteiger partial charge >= 0.3 is 0 Å². The highest BCUT2D eigenvalue weighted by atomic mass is 32.2. The quantitative estimate of drug-likeness (QED) is 0.220. The van der Waals surface area contributed by atoms with Crippen LogP contribution >= 0.6 is 0 Å². The van der Waals surface area contributed by atoms with E-state index in [1.54, 1.807) is 6.20 Å². The number of nitrogens with zero attached hydrogens (tertiary/aromatic N) is 3. The number of non-ortho nitro benzene ring substituents is 1. The summed E-state index contributed by atoms with van der Waals surface area (Å²) in [4.78, 5) is 19.6. The molecule has 0 bridgehead atoms. The number of oxime groups is 1. The molecule has 1 unspecified atom stereocenters. The fourth-order valence-electron chi connectivity index (χ4n) is 2.60. The van der Waals surface area contributed by atoms with Crippen molar-refractivity contribution in [2.45, 2.75) is 24.3 Å². The molecular weight excluding hydrogens is 410 g/mol. The monoisotopic (exact) mass is 429 g/mol. The average molecular weight is 429 g/mol. The molecule has 0 aliphatic heterocycles. The summed E-state index contributed by atoms with van der Waals surface area (Å²) < 4.78 is 29.6. The van der Waals surface area contributed by atoms with E-state index in [1.807, 2.05) is 37.3 Å².